The molecule has 0 aliphatic carbocycles. The Morgan fingerprint density at radius 3 is 2.54 bits per heavy atom. The second-order valence-electron chi connectivity index (χ2n) is 8.79. The summed E-state index contributed by atoms with van der Waals surface area (Å²) in [6, 6.07) is 11.8. The maximum absolute atomic E-state index is 12.8. The zero-order valence-corrected chi connectivity index (χ0v) is 19.5. The van der Waals surface area contributed by atoms with Crippen molar-refractivity contribution < 1.29 is 23.9 Å². The Bertz CT molecular complexity index is 1170. The van der Waals surface area contributed by atoms with Crippen molar-refractivity contribution in [3.8, 4) is 11.5 Å². The van der Waals surface area contributed by atoms with Crippen molar-refractivity contribution in [3.63, 3.8) is 0 Å². The van der Waals surface area contributed by atoms with Gasteiger partial charge in [0, 0.05) is 44.0 Å². The van der Waals surface area contributed by atoms with Crippen molar-refractivity contribution in [1.82, 2.24) is 15.1 Å². The van der Waals surface area contributed by atoms with Crippen molar-refractivity contribution in [3.05, 3.63) is 53.6 Å². The number of aliphatic imine (C=N–C) groups is 1. The molecule has 0 bridgehead atoms. The van der Waals surface area contributed by atoms with Gasteiger partial charge < -0.3 is 19.7 Å². The molecule has 2 aromatic rings. The molecular weight excluding hydrogens is 450 g/mol. The topological polar surface area (TPSA) is 113 Å². The highest BCUT2D eigenvalue weighted by atomic mass is 16.7. The number of Topliss-reactive ketones (excluding diaryl/α,β-unsaturated/α-hetero) is 1. The van der Waals surface area contributed by atoms with Gasteiger partial charge in [-0.25, -0.2) is 4.99 Å². The fourth-order valence-corrected chi connectivity index (χ4v) is 4.32. The van der Waals surface area contributed by atoms with E-state index in [1.165, 1.54) is 6.92 Å². The summed E-state index contributed by atoms with van der Waals surface area (Å²) in [6.07, 6.45) is -0.00899. The Hall–Kier alpha value is -3.92. The number of guanidine groups is 1. The van der Waals surface area contributed by atoms with Crippen LogP contribution in [0, 0.1) is 0 Å². The molecule has 2 N–H and O–H groups in total. The van der Waals surface area contributed by atoms with E-state index in [9.17, 15) is 14.4 Å². The van der Waals surface area contributed by atoms with Gasteiger partial charge in [-0.2, -0.15) is 0 Å². The molecule has 5 rings (SSSR count). The Balaban J connectivity index is 1.18. The number of hydrogen-bond acceptors (Lipinski definition) is 8. The lowest BCUT2D eigenvalue weighted by Gasteiger charge is -2.37. The van der Waals surface area contributed by atoms with Crippen molar-refractivity contribution in [1.29, 1.82) is 0 Å². The van der Waals surface area contributed by atoms with Crippen molar-refractivity contribution in [2.45, 2.75) is 25.9 Å². The number of nitrogens with one attached hydrogen (secondary N) is 2. The van der Waals surface area contributed by atoms with Gasteiger partial charge in [-0.05, 0) is 48.9 Å². The highest BCUT2D eigenvalue weighted by Crippen LogP contribution is 2.32. The minimum absolute atomic E-state index is 0.00899. The molecule has 0 radical (unpaired) electrons. The predicted molar refractivity (Wildman–Crippen MR) is 128 cm³/mol. The molecule has 2 amide bonds. The molecule has 1 saturated heterocycles. The van der Waals surface area contributed by atoms with E-state index in [1.54, 1.807) is 24.3 Å². The van der Waals surface area contributed by atoms with Gasteiger partial charge in [0.05, 0.1) is 6.42 Å². The molecule has 0 spiro atoms. The zero-order chi connectivity index (χ0) is 24.4. The molecule has 3 aliphatic heterocycles. The highest BCUT2D eigenvalue weighted by Gasteiger charge is 2.30. The van der Waals surface area contributed by atoms with E-state index >= 15 is 0 Å². The first-order valence-electron chi connectivity index (χ1n) is 11.6. The van der Waals surface area contributed by atoms with E-state index in [2.05, 4.69) is 20.5 Å². The SMILES string of the molecule is CC(=O)c1ccc(NC(=O)[C@@H]2CC(=O)NC(N3CCN(Cc4ccc5c(c4)OCO5)CC3)=N2)cc1. The maximum Gasteiger partial charge on any atom is 0.249 e. The lowest BCUT2D eigenvalue weighted by molar-refractivity contribution is -0.125. The molecule has 1 atom stereocenters. The average Bonchev–Trinajstić information content (AvgIpc) is 3.32. The number of piperazine rings is 1. The van der Waals surface area contributed by atoms with Gasteiger partial charge in [-0.1, -0.05) is 6.07 Å². The molecule has 10 nitrogen and oxygen atoms in total. The smallest absolute Gasteiger partial charge is 0.249 e. The molecular formula is C25H27N5O5. The maximum atomic E-state index is 12.8. The van der Waals surface area contributed by atoms with Crippen molar-refractivity contribution in [2.24, 2.45) is 4.99 Å². The van der Waals surface area contributed by atoms with Crippen LogP contribution in [0.5, 0.6) is 11.5 Å². The third-order valence-electron chi connectivity index (χ3n) is 6.28. The number of anilines is 1. The second kappa shape index (κ2) is 9.75. The Labute approximate surface area is 202 Å². The summed E-state index contributed by atoms with van der Waals surface area (Å²) < 4.78 is 10.8. The van der Waals surface area contributed by atoms with Gasteiger partial charge in [-0.15, -0.1) is 0 Å². The zero-order valence-electron chi connectivity index (χ0n) is 19.5. The summed E-state index contributed by atoms with van der Waals surface area (Å²) in [4.78, 5) is 45.4. The molecule has 0 unspecified atom stereocenters. The molecule has 182 valence electrons. The van der Waals surface area contributed by atoms with Gasteiger partial charge in [0.25, 0.3) is 0 Å². The van der Waals surface area contributed by atoms with Crippen molar-refractivity contribution in [2.75, 3.05) is 38.3 Å². The molecule has 0 aromatic heterocycles. The lowest BCUT2D eigenvalue weighted by atomic mass is 10.1. The number of amides is 2. The summed E-state index contributed by atoms with van der Waals surface area (Å²) in [6.45, 7) is 5.50. The van der Waals surface area contributed by atoms with Gasteiger partial charge in [0.1, 0.15) is 6.04 Å². The fourth-order valence-electron chi connectivity index (χ4n) is 4.32. The standard InChI is InChI=1S/C25H27N5O5/c1-16(31)18-3-5-19(6-4-18)26-24(33)20-13-23(32)28-25(27-20)30-10-8-29(9-11-30)14-17-2-7-21-22(12-17)35-15-34-21/h2-7,12,20H,8-11,13-15H2,1H3,(H,26,33)(H,27,28,32)/t20-/m0/s1. The second-order valence-corrected chi connectivity index (χ2v) is 8.79. The van der Waals surface area contributed by atoms with E-state index in [0.717, 1.165) is 36.7 Å². The molecule has 3 heterocycles. The normalized spacial score (nSPS) is 19.7. The van der Waals surface area contributed by atoms with Crippen LogP contribution in [0.25, 0.3) is 0 Å². The number of hydrogen-bond donors (Lipinski definition) is 2. The van der Waals surface area contributed by atoms with Gasteiger partial charge >= 0.3 is 0 Å². The summed E-state index contributed by atoms with van der Waals surface area (Å²) >= 11 is 0. The molecule has 0 saturated carbocycles. The molecule has 10 heteroatoms. The van der Waals surface area contributed by atoms with E-state index in [0.29, 0.717) is 30.3 Å². The van der Waals surface area contributed by atoms with E-state index in [1.807, 2.05) is 23.1 Å². The van der Waals surface area contributed by atoms with Gasteiger partial charge in [0.2, 0.25) is 24.6 Å². The van der Waals surface area contributed by atoms with Gasteiger partial charge in [-0.3, -0.25) is 24.6 Å². The molecule has 1 fully saturated rings. The number of fused-ring (bicyclic) bond motifs is 1. The Morgan fingerprint density at radius 2 is 1.80 bits per heavy atom. The molecule has 2 aromatic carbocycles. The summed E-state index contributed by atoms with van der Waals surface area (Å²) in [7, 11) is 0. The third kappa shape index (κ3) is 5.27. The van der Waals surface area contributed by atoms with Crippen LogP contribution in [0.3, 0.4) is 0 Å². The average molecular weight is 478 g/mol. The third-order valence-corrected chi connectivity index (χ3v) is 6.28. The summed E-state index contributed by atoms with van der Waals surface area (Å²) in [5, 5.41) is 5.61. The lowest BCUT2D eigenvalue weighted by Crippen LogP contribution is -2.56. The monoisotopic (exact) mass is 477 g/mol. The van der Waals surface area contributed by atoms with Crippen LogP contribution in [-0.4, -0.2) is 72.4 Å². The number of ketones is 1. The first-order chi connectivity index (χ1) is 16.9. The first-order valence-corrected chi connectivity index (χ1v) is 11.6. The van der Waals surface area contributed by atoms with Crippen LogP contribution >= 0.6 is 0 Å². The number of rotatable bonds is 5. The quantitative estimate of drug-likeness (QED) is 0.630. The minimum atomic E-state index is -0.808. The van der Waals surface area contributed by atoms with Crippen LogP contribution in [0.2, 0.25) is 0 Å². The predicted octanol–water partition coefficient (Wildman–Crippen LogP) is 1.62. The van der Waals surface area contributed by atoms with E-state index in [4.69, 9.17) is 9.47 Å². The number of benzene rings is 2. The number of nitrogens with zero attached hydrogens (tertiary/aromatic N) is 3. The van der Waals surface area contributed by atoms with Crippen LogP contribution in [0.1, 0.15) is 29.3 Å². The number of carbonyl (C=O) groups is 3. The number of carbonyl (C=O) groups excluding carboxylic acids is 3. The van der Waals surface area contributed by atoms with Crippen molar-refractivity contribution >= 4 is 29.2 Å². The van der Waals surface area contributed by atoms with Crippen LogP contribution in [-0.2, 0) is 16.1 Å². The summed E-state index contributed by atoms with van der Waals surface area (Å²) in [5.74, 6) is 1.36. The van der Waals surface area contributed by atoms with E-state index in [-0.39, 0.29) is 30.8 Å². The van der Waals surface area contributed by atoms with E-state index < -0.39 is 6.04 Å². The van der Waals surface area contributed by atoms with Gasteiger partial charge in [0.15, 0.2) is 17.3 Å². The van der Waals surface area contributed by atoms with Crippen LogP contribution in [0.4, 0.5) is 5.69 Å². The molecule has 35 heavy (non-hydrogen) atoms. The van der Waals surface area contributed by atoms with Crippen LogP contribution in [0.15, 0.2) is 47.5 Å². The first kappa shape index (κ1) is 22.9. The fraction of sp³-hybridized carbons (Fsp3) is 0.360. The largest absolute Gasteiger partial charge is 0.454 e. The minimum Gasteiger partial charge on any atom is -0.454 e. The molecule has 3 aliphatic rings. The summed E-state index contributed by atoms with van der Waals surface area (Å²) in [5.41, 5.74) is 2.27. The van der Waals surface area contributed by atoms with Crippen LogP contribution < -0.4 is 20.1 Å². The Kier molecular flexibility index (Phi) is 6.37. The Morgan fingerprint density at radius 1 is 1.06 bits per heavy atom. The highest BCUT2D eigenvalue weighted by molar-refractivity contribution is 6.06. The number of ether oxygens (including phenoxy) is 2.